The Hall–Kier alpha value is -1.54. The topological polar surface area (TPSA) is 12.4 Å². The lowest BCUT2D eigenvalue weighted by atomic mass is 10.1. The molecule has 1 aliphatic heterocycles. The van der Waals surface area contributed by atoms with E-state index in [9.17, 15) is 0 Å². The highest BCUT2D eigenvalue weighted by Gasteiger charge is 2.13. The molecule has 0 fully saturated rings. The van der Waals surface area contributed by atoms with Gasteiger partial charge in [0.15, 0.2) is 0 Å². The molecule has 0 N–H and O–H groups in total. The normalized spacial score (nSPS) is 13.4. The standard InChI is InChI=1S/C14H11NS/c1-10-11-6-2-4-8-13(11)16-14-9-5-3-7-12(14)15-10/h2-9H,1H3. The molecule has 0 saturated heterocycles. The van der Waals surface area contributed by atoms with E-state index in [-0.39, 0.29) is 0 Å². The van der Waals surface area contributed by atoms with E-state index < -0.39 is 0 Å². The van der Waals surface area contributed by atoms with Crippen LogP contribution < -0.4 is 0 Å². The van der Waals surface area contributed by atoms with E-state index in [1.807, 2.05) is 6.07 Å². The molecule has 0 atom stereocenters. The highest BCUT2D eigenvalue weighted by molar-refractivity contribution is 7.99. The first kappa shape index (κ1) is 9.67. The molecule has 3 rings (SSSR count). The number of hydrogen-bond acceptors (Lipinski definition) is 2. The second kappa shape index (κ2) is 3.80. The Kier molecular flexibility index (Phi) is 2.29. The van der Waals surface area contributed by atoms with Gasteiger partial charge in [0.1, 0.15) is 0 Å². The van der Waals surface area contributed by atoms with Crippen LogP contribution in [0.3, 0.4) is 0 Å². The lowest BCUT2D eigenvalue weighted by molar-refractivity contribution is 1.37. The molecule has 1 nitrogen and oxygen atoms in total. The zero-order valence-corrected chi connectivity index (χ0v) is 9.79. The molecule has 0 spiro atoms. The summed E-state index contributed by atoms with van der Waals surface area (Å²) in [6, 6.07) is 16.7. The average Bonchev–Trinajstić information content (AvgIpc) is 2.45. The van der Waals surface area contributed by atoms with E-state index in [2.05, 4.69) is 54.4 Å². The van der Waals surface area contributed by atoms with Crippen molar-refractivity contribution in [3.05, 3.63) is 54.1 Å². The van der Waals surface area contributed by atoms with Crippen LogP contribution in [0, 0.1) is 0 Å². The summed E-state index contributed by atoms with van der Waals surface area (Å²) in [7, 11) is 0. The molecule has 0 saturated carbocycles. The molecule has 78 valence electrons. The van der Waals surface area contributed by atoms with Crippen molar-refractivity contribution < 1.29 is 0 Å². The number of fused-ring (bicyclic) bond motifs is 2. The lowest BCUT2D eigenvalue weighted by Gasteiger charge is -2.04. The van der Waals surface area contributed by atoms with Gasteiger partial charge in [-0.1, -0.05) is 42.1 Å². The van der Waals surface area contributed by atoms with Crippen LogP contribution in [0.25, 0.3) is 0 Å². The highest BCUT2D eigenvalue weighted by Crippen LogP contribution is 2.39. The zero-order valence-electron chi connectivity index (χ0n) is 8.97. The van der Waals surface area contributed by atoms with Gasteiger partial charge >= 0.3 is 0 Å². The third-order valence-corrected chi connectivity index (χ3v) is 3.79. The van der Waals surface area contributed by atoms with E-state index in [1.165, 1.54) is 15.4 Å². The van der Waals surface area contributed by atoms with Crippen molar-refractivity contribution >= 4 is 23.2 Å². The van der Waals surface area contributed by atoms with Gasteiger partial charge in [-0.3, -0.25) is 4.99 Å². The van der Waals surface area contributed by atoms with Gasteiger partial charge in [-0.25, -0.2) is 0 Å². The van der Waals surface area contributed by atoms with Gasteiger partial charge in [0.05, 0.1) is 5.69 Å². The molecule has 1 aliphatic rings. The molecule has 16 heavy (non-hydrogen) atoms. The van der Waals surface area contributed by atoms with Crippen LogP contribution in [0.2, 0.25) is 0 Å². The van der Waals surface area contributed by atoms with Gasteiger partial charge in [0.2, 0.25) is 0 Å². The van der Waals surface area contributed by atoms with Crippen LogP contribution in [0.5, 0.6) is 0 Å². The van der Waals surface area contributed by atoms with Crippen molar-refractivity contribution in [3.8, 4) is 0 Å². The molecule has 0 radical (unpaired) electrons. The van der Waals surface area contributed by atoms with Gasteiger partial charge in [-0.2, -0.15) is 0 Å². The van der Waals surface area contributed by atoms with Crippen molar-refractivity contribution in [2.75, 3.05) is 0 Å². The predicted molar refractivity (Wildman–Crippen MR) is 68.9 cm³/mol. The third kappa shape index (κ3) is 1.55. The SMILES string of the molecule is CC1=Nc2ccccc2Sc2ccccc21. The van der Waals surface area contributed by atoms with Gasteiger partial charge in [0.25, 0.3) is 0 Å². The fourth-order valence-corrected chi connectivity index (χ4v) is 2.92. The Labute approximate surface area is 99.2 Å². The second-order valence-corrected chi connectivity index (χ2v) is 4.85. The lowest BCUT2D eigenvalue weighted by Crippen LogP contribution is -1.94. The van der Waals surface area contributed by atoms with Crippen LogP contribution >= 0.6 is 11.8 Å². The van der Waals surface area contributed by atoms with Gasteiger partial charge in [-0.05, 0) is 25.1 Å². The minimum atomic E-state index is 1.07. The van der Waals surface area contributed by atoms with Crippen LogP contribution in [0.1, 0.15) is 12.5 Å². The minimum absolute atomic E-state index is 1.07. The Balaban J connectivity index is 2.25. The van der Waals surface area contributed by atoms with Crippen molar-refractivity contribution in [3.63, 3.8) is 0 Å². The van der Waals surface area contributed by atoms with Gasteiger partial charge in [0, 0.05) is 21.1 Å². The Morgan fingerprint density at radius 2 is 1.56 bits per heavy atom. The summed E-state index contributed by atoms with van der Waals surface area (Å²) in [5.41, 5.74) is 3.40. The Morgan fingerprint density at radius 3 is 2.44 bits per heavy atom. The monoisotopic (exact) mass is 225 g/mol. The maximum Gasteiger partial charge on any atom is 0.0772 e. The van der Waals surface area contributed by atoms with Crippen molar-refractivity contribution in [1.82, 2.24) is 0 Å². The summed E-state index contributed by atoms with van der Waals surface area (Å²) in [5.74, 6) is 0. The van der Waals surface area contributed by atoms with E-state index in [4.69, 9.17) is 0 Å². The first-order valence-corrected chi connectivity index (χ1v) is 6.08. The molecule has 2 aromatic carbocycles. The molecular weight excluding hydrogens is 214 g/mol. The summed E-state index contributed by atoms with van der Waals surface area (Å²) in [4.78, 5) is 7.19. The molecule has 0 aromatic heterocycles. The Morgan fingerprint density at radius 1 is 0.875 bits per heavy atom. The number of rotatable bonds is 0. The molecule has 0 bridgehead atoms. The van der Waals surface area contributed by atoms with Crippen molar-refractivity contribution in [2.24, 2.45) is 4.99 Å². The number of hydrogen-bond donors (Lipinski definition) is 0. The summed E-state index contributed by atoms with van der Waals surface area (Å²) < 4.78 is 0. The molecule has 0 amide bonds. The molecule has 1 heterocycles. The largest absolute Gasteiger partial charge is 0.252 e. The first-order valence-electron chi connectivity index (χ1n) is 5.26. The smallest absolute Gasteiger partial charge is 0.0772 e. The molecular formula is C14H11NS. The van der Waals surface area contributed by atoms with Crippen LogP contribution in [0.15, 0.2) is 63.3 Å². The number of para-hydroxylation sites is 1. The summed E-state index contributed by atoms with van der Waals surface area (Å²) in [6.45, 7) is 2.07. The summed E-state index contributed by atoms with van der Waals surface area (Å²) in [5, 5.41) is 0. The summed E-state index contributed by atoms with van der Waals surface area (Å²) >= 11 is 1.79. The Bertz CT molecular complexity index is 572. The minimum Gasteiger partial charge on any atom is -0.252 e. The van der Waals surface area contributed by atoms with E-state index in [1.54, 1.807) is 11.8 Å². The fraction of sp³-hybridized carbons (Fsp3) is 0.0714. The zero-order chi connectivity index (χ0) is 11.0. The number of nitrogens with zero attached hydrogens (tertiary/aromatic N) is 1. The average molecular weight is 225 g/mol. The maximum absolute atomic E-state index is 4.68. The number of benzene rings is 2. The summed E-state index contributed by atoms with van der Waals surface area (Å²) in [6.07, 6.45) is 0. The second-order valence-electron chi connectivity index (χ2n) is 3.76. The van der Waals surface area contributed by atoms with E-state index in [0.29, 0.717) is 0 Å². The highest BCUT2D eigenvalue weighted by atomic mass is 32.2. The van der Waals surface area contributed by atoms with Gasteiger partial charge in [-0.15, -0.1) is 0 Å². The van der Waals surface area contributed by atoms with Gasteiger partial charge < -0.3 is 0 Å². The van der Waals surface area contributed by atoms with E-state index >= 15 is 0 Å². The quantitative estimate of drug-likeness (QED) is 0.651. The first-order chi connectivity index (χ1) is 7.84. The van der Waals surface area contributed by atoms with Crippen LogP contribution in [-0.4, -0.2) is 5.71 Å². The molecule has 2 heteroatoms. The molecule has 2 aromatic rings. The maximum atomic E-state index is 4.68. The van der Waals surface area contributed by atoms with Crippen molar-refractivity contribution in [1.29, 1.82) is 0 Å². The van der Waals surface area contributed by atoms with Crippen LogP contribution in [-0.2, 0) is 0 Å². The molecule has 0 aliphatic carbocycles. The molecule has 0 unspecified atom stereocenters. The predicted octanol–water partition coefficient (Wildman–Crippen LogP) is 4.29. The number of aliphatic imine (C=N–C) groups is 1. The van der Waals surface area contributed by atoms with E-state index in [0.717, 1.165) is 11.4 Å². The van der Waals surface area contributed by atoms with Crippen molar-refractivity contribution in [2.45, 2.75) is 16.7 Å². The third-order valence-electron chi connectivity index (χ3n) is 2.65. The fourth-order valence-electron chi connectivity index (χ4n) is 1.85. The van der Waals surface area contributed by atoms with Crippen LogP contribution in [0.4, 0.5) is 5.69 Å².